The Morgan fingerprint density at radius 2 is 1.81 bits per heavy atom. The maximum atomic E-state index is 12.6. The molecule has 1 amide bonds. The molecule has 2 aliphatic rings. The minimum atomic E-state index is -3.60. The molecule has 0 heterocycles. The Balaban J connectivity index is 0.00000243. The lowest BCUT2D eigenvalue weighted by atomic mass is 9.97. The predicted octanol–water partition coefficient (Wildman–Crippen LogP) is 2.33. The van der Waals surface area contributed by atoms with Crippen LogP contribution in [0.1, 0.15) is 61.7 Å². The Kier molecular flexibility index (Phi) is 7.07. The number of benzene rings is 1. The van der Waals surface area contributed by atoms with Crippen LogP contribution in [0.3, 0.4) is 0 Å². The van der Waals surface area contributed by atoms with E-state index in [2.05, 4.69) is 10.0 Å². The summed E-state index contributed by atoms with van der Waals surface area (Å²) >= 11 is 0. The third-order valence-electron chi connectivity index (χ3n) is 5.41. The Morgan fingerprint density at radius 3 is 2.42 bits per heavy atom. The summed E-state index contributed by atoms with van der Waals surface area (Å²) in [5.74, 6) is -0.259. The second-order valence-electron chi connectivity index (χ2n) is 7.28. The zero-order valence-corrected chi connectivity index (χ0v) is 16.5. The summed E-state index contributed by atoms with van der Waals surface area (Å²) in [4.78, 5) is 12.7. The van der Waals surface area contributed by atoms with Crippen LogP contribution < -0.4 is 15.8 Å². The van der Waals surface area contributed by atoms with Gasteiger partial charge < -0.3 is 11.1 Å². The van der Waals surface area contributed by atoms with Crippen molar-refractivity contribution in [3.63, 3.8) is 0 Å². The zero-order chi connectivity index (χ0) is 17.9. The van der Waals surface area contributed by atoms with E-state index >= 15 is 0 Å². The Labute approximate surface area is 161 Å². The number of hydrogen-bond acceptors (Lipinski definition) is 4. The predicted molar refractivity (Wildman–Crippen MR) is 104 cm³/mol. The number of sulfonamides is 1. The van der Waals surface area contributed by atoms with Gasteiger partial charge in [0.1, 0.15) is 0 Å². The van der Waals surface area contributed by atoms with Crippen molar-refractivity contribution in [2.24, 2.45) is 5.73 Å². The molecule has 146 valence electrons. The lowest BCUT2D eigenvalue weighted by molar-refractivity contribution is 0.0903. The number of halogens is 1. The number of rotatable bonds is 6. The minimum Gasteiger partial charge on any atom is -0.345 e. The van der Waals surface area contributed by atoms with Gasteiger partial charge in [-0.05, 0) is 43.9 Å². The van der Waals surface area contributed by atoms with E-state index in [4.69, 9.17) is 5.73 Å². The van der Waals surface area contributed by atoms with Crippen LogP contribution in [-0.2, 0) is 10.0 Å². The molecule has 0 bridgehead atoms. The van der Waals surface area contributed by atoms with Gasteiger partial charge in [0, 0.05) is 18.2 Å². The summed E-state index contributed by atoms with van der Waals surface area (Å²) in [6, 6.07) is 6.24. The SMILES string of the molecule is Cl.NCC1(NC(=O)c2cccc(S(=O)(=O)NC3CCCC3)c2)CCCC1. The third-order valence-corrected chi connectivity index (χ3v) is 6.93. The Hall–Kier alpha value is -1.15. The molecule has 26 heavy (non-hydrogen) atoms. The van der Waals surface area contributed by atoms with E-state index < -0.39 is 10.0 Å². The van der Waals surface area contributed by atoms with Gasteiger partial charge in [0.2, 0.25) is 10.0 Å². The molecule has 3 rings (SSSR count). The maximum Gasteiger partial charge on any atom is 0.251 e. The molecule has 2 aliphatic carbocycles. The lowest BCUT2D eigenvalue weighted by Gasteiger charge is -2.28. The molecule has 2 fully saturated rings. The fourth-order valence-electron chi connectivity index (χ4n) is 3.88. The van der Waals surface area contributed by atoms with Crippen molar-refractivity contribution in [1.82, 2.24) is 10.0 Å². The van der Waals surface area contributed by atoms with Crippen LogP contribution in [0, 0.1) is 0 Å². The van der Waals surface area contributed by atoms with Crippen molar-refractivity contribution in [1.29, 1.82) is 0 Å². The highest BCUT2D eigenvalue weighted by Gasteiger charge is 2.34. The fourth-order valence-corrected chi connectivity index (χ4v) is 5.23. The van der Waals surface area contributed by atoms with E-state index in [0.29, 0.717) is 12.1 Å². The van der Waals surface area contributed by atoms with Gasteiger partial charge in [-0.3, -0.25) is 4.79 Å². The summed E-state index contributed by atoms with van der Waals surface area (Å²) in [6.07, 6.45) is 7.70. The number of amides is 1. The van der Waals surface area contributed by atoms with Crippen LogP contribution in [0.25, 0.3) is 0 Å². The summed E-state index contributed by atoms with van der Waals surface area (Å²) in [5, 5.41) is 3.03. The van der Waals surface area contributed by atoms with Crippen LogP contribution in [0.4, 0.5) is 0 Å². The monoisotopic (exact) mass is 401 g/mol. The van der Waals surface area contributed by atoms with Gasteiger partial charge in [-0.2, -0.15) is 0 Å². The molecule has 4 N–H and O–H groups in total. The Bertz CT molecular complexity index is 727. The van der Waals surface area contributed by atoms with Crippen LogP contribution in [0.15, 0.2) is 29.2 Å². The first kappa shape index (κ1) is 21.2. The molecule has 0 atom stereocenters. The van der Waals surface area contributed by atoms with E-state index in [0.717, 1.165) is 51.4 Å². The molecule has 0 aliphatic heterocycles. The average Bonchev–Trinajstić information content (AvgIpc) is 3.27. The highest BCUT2D eigenvalue weighted by molar-refractivity contribution is 7.89. The van der Waals surface area contributed by atoms with Gasteiger partial charge in [0.15, 0.2) is 0 Å². The second kappa shape index (κ2) is 8.69. The number of nitrogens with one attached hydrogen (secondary N) is 2. The van der Waals surface area contributed by atoms with Crippen molar-refractivity contribution in [3.8, 4) is 0 Å². The van der Waals surface area contributed by atoms with Crippen LogP contribution >= 0.6 is 12.4 Å². The molecule has 1 aromatic carbocycles. The van der Waals surface area contributed by atoms with Crippen LogP contribution in [0.2, 0.25) is 0 Å². The minimum absolute atomic E-state index is 0. The van der Waals surface area contributed by atoms with E-state index in [1.54, 1.807) is 12.1 Å². The normalized spacial score (nSPS) is 19.9. The van der Waals surface area contributed by atoms with Gasteiger partial charge in [0.25, 0.3) is 5.91 Å². The molecule has 2 saturated carbocycles. The molecule has 0 unspecified atom stereocenters. The summed E-state index contributed by atoms with van der Waals surface area (Å²) in [5.41, 5.74) is 5.87. The first-order valence-corrected chi connectivity index (χ1v) is 10.6. The number of carbonyl (C=O) groups excluding carboxylic acids is 1. The largest absolute Gasteiger partial charge is 0.345 e. The van der Waals surface area contributed by atoms with Crippen LogP contribution in [-0.4, -0.2) is 32.5 Å². The molecular formula is C18H28ClN3O3S. The number of hydrogen-bond donors (Lipinski definition) is 3. The Morgan fingerprint density at radius 1 is 1.15 bits per heavy atom. The van der Waals surface area contributed by atoms with E-state index in [1.807, 2.05) is 0 Å². The van der Waals surface area contributed by atoms with Gasteiger partial charge >= 0.3 is 0 Å². The number of carbonyl (C=O) groups is 1. The molecule has 8 heteroatoms. The maximum absolute atomic E-state index is 12.6. The summed E-state index contributed by atoms with van der Waals surface area (Å²) < 4.78 is 27.9. The highest BCUT2D eigenvalue weighted by Crippen LogP contribution is 2.29. The van der Waals surface area contributed by atoms with Gasteiger partial charge in [-0.15, -0.1) is 12.4 Å². The molecule has 0 radical (unpaired) electrons. The first-order valence-electron chi connectivity index (χ1n) is 9.09. The third kappa shape index (κ3) is 4.76. The van der Waals surface area contributed by atoms with Crippen LogP contribution in [0.5, 0.6) is 0 Å². The lowest BCUT2D eigenvalue weighted by Crippen LogP contribution is -2.51. The van der Waals surface area contributed by atoms with Gasteiger partial charge in [-0.25, -0.2) is 13.1 Å². The molecule has 6 nitrogen and oxygen atoms in total. The fraction of sp³-hybridized carbons (Fsp3) is 0.611. The smallest absolute Gasteiger partial charge is 0.251 e. The molecule has 0 aromatic heterocycles. The second-order valence-corrected chi connectivity index (χ2v) is 8.99. The van der Waals surface area contributed by atoms with Gasteiger partial charge in [0.05, 0.1) is 10.4 Å². The highest BCUT2D eigenvalue weighted by atomic mass is 35.5. The van der Waals surface area contributed by atoms with Crippen molar-refractivity contribution in [2.75, 3.05) is 6.54 Å². The van der Waals surface area contributed by atoms with Crippen molar-refractivity contribution < 1.29 is 13.2 Å². The summed E-state index contributed by atoms with van der Waals surface area (Å²) in [7, 11) is -3.60. The molecule has 1 aromatic rings. The van der Waals surface area contributed by atoms with Gasteiger partial charge in [-0.1, -0.05) is 31.7 Å². The molecule has 0 saturated heterocycles. The number of nitrogens with two attached hydrogens (primary N) is 1. The summed E-state index contributed by atoms with van der Waals surface area (Å²) in [6.45, 7) is 0.403. The molecule has 0 spiro atoms. The first-order chi connectivity index (χ1) is 11.9. The standard InChI is InChI=1S/C18H27N3O3S.ClH/c19-13-18(10-3-4-11-18)20-17(22)14-6-5-9-16(12-14)25(23,24)21-15-7-1-2-8-15;/h5-6,9,12,15,21H,1-4,7-8,10-11,13,19H2,(H,20,22);1H. The van der Waals surface area contributed by atoms with E-state index in [1.165, 1.54) is 12.1 Å². The van der Waals surface area contributed by atoms with Crippen molar-refractivity contribution >= 4 is 28.3 Å². The quantitative estimate of drug-likeness (QED) is 0.680. The zero-order valence-electron chi connectivity index (χ0n) is 14.9. The van der Waals surface area contributed by atoms with E-state index in [-0.39, 0.29) is 34.8 Å². The van der Waals surface area contributed by atoms with E-state index in [9.17, 15) is 13.2 Å². The van der Waals surface area contributed by atoms with Crippen molar-refractivity contribution in [3.05, 3.63) is 29.8 Å². The molecular weight excluding hydrogens is 374 g/mol. The van der Waals surface area contributed by atoms with Crippen molar-refractivity contribution in [2.45, 2.75) is 67.8 Å². The average molecular weight is 402 g/mol. The topological polar surface area (TPSA) is 101 Å².